The zero-order chi connectivity index (χ0) is 16.8. The van der Waals surface area contributed by atoms with Crippen LogP contribution in [0.1, 0.15) is 23.6 Å². The molecule has 1 atom stereocenters. The van der Waals surface area contributed by atoms with Crippen LogP contribution in [0.25, 0.3) is 0 Å². The molecule has 0 unspecified atom stereocenters. The van der Waals surface area contributed by atoms with Crippen molar-refractivity contribution in [3.05, 3.63) is 59.7 Å². The third-order valence-electron chi connectivity index (χ3n) is 4.12. The molecule has 0 saturated carbocycles. The van der Waals surface area contributed by atoms with Crippen LogP contribution >= 0.6 is 11.8 Å². The Morgan fingerprint density at radius 3 is 2.79 bits per heavy atom. The van der Waals surface area contributed by atoms with Gasteiger partial charge in [-0.2, -0.15) is 0 Å². The van der Waals surface area contributed by atoms with Gasteiger partial charge in [-0.1, -0.05) is 30.3 Å². The summed E-state index contributed by atoms with van der Waals surface area (Å²) in [4.78, 5) is 13.4. The number of thioether (sulfide) groups is 1. The van der Waals surface area contributed by atoms with Crippen LogP contribution in [0.5, 0.6) is 5.75 Å². The van der Waals surface area contributed by atoms with E-state index >= 15 is 0 Å². The van der Waals surface area contributed by atoms with Crippen molar-refractivity contribution in [3.63, 3.8) is 0 Å². The number of amides is 2. The fourth-order valence-electron chi connectivity index (χ4n) is 2.81. The van der Waals surface area contributed by atoms with E-state index in [-0.39, 0.29) is 12.1 Å². The highest BCUT2D eigenvalue weighted by Crippen LogP contribution is 2.35. The molecule has 0 fully saturated rings. The van der Waals surface area contributed by atoms with Crippen molar-refractivity contribution in [3.8, 4) is 5.75 Å². The largest absolute Gasteiger partial charge is 0.497 e. The van der Waals surface area contributed by atoms with E-state index in [0.29, 0.717) is 6.54 Å². The first kappa shape index (κ1) is 16.7. The molecule has 3 rings (SSSR count). The number of carbonyl (C=O) groups excluding carboxylic acids is 1. The van der Waals surface area contributed by atoms with Gasteiger partial charge in [-0.25, -0.2) is 4.79 Å². The summed E-state index contributed by atoms with van der Waals surface area (Å²) in [5.74, 6) is 1.88. The summed E-state index contributed by atoms with van der Waals surface area (Å²) in [6.07, 6.45) is 1.77. The minimum absolute atomic E-state index is 0.100. The van der Waals surface area contributed by atoms with Crippen LogP contribution in [0, 0.1) is 0 Å². The van der Waals surface area contributed by atoms with Crippen molar-refractivity contribution in [1.82, 2.24) is 10.6 Å². The average Bonchev–Trinajstić information content (AvgIpc) is 2.63. The third-order valence-corrected chi connectivity index (χ3v) is 5.24. The maximum atomic E-state index is 12.2. The second-order valence-electron chi connectivity index (χ2n) is 5.73. The average molecular weight is 342 g/mol. The molecule has 0 radical (unpaired) electrons. The first-order valence-corrected chi connectivity index (χ1v) is 9.14. The van der Waals surface area contributed by atoms with Gasteiger partial charge in [0, 0.05) is 17.2 Å². The summed E-state index contributed by atoms with van der Waals surface area (Å²) in [7, 11) is 1.66. The highest BCUT2D eigenvalue weighted by molar-refractivity contribution is 7.99. The molecule has 126 valence electrons. The molecule has 0 saturated heterocycles. The molecule has 2 aromatic carbocycles. The van der Waals surface area contributed by atoms with Gasteiger partial charge >= 0.3 is 6.03 Å². The van der Waals surface area contributed by atoms with E-state index in [1.807, 2.05) is 48.2 Å². The molecule has 2 aromatic rings. The van der Waals surface area contributed by atoms with E-state index in [1.165, 1.54) is 16.0 Å². The molecule has 1 heterocycles. The lowest BCUT2D eigenvalue weighted by Crippen LogP contribution is -2.39. The van der Waals surface area contributed by atoms with Gasteiger partial charge in [0.05, 0.1) is 13.2 Å². The van der Waals surface area contributed by atoms with Crippen LogP contribution < -0.4 is 15.4 Å². The standard InChI is InChI=1S/C19H22N2O2S/c1-23-15-8-6-14(7-9-15)10-12-20-19(22)21-17-11-13-24-18-5-3-2-4-16(17)18/h2-9,17H,10-13H2,1H3,(H2,20,21,22)/t17-/m1/s1. The van der Waals surface area contributed by atoms with Crippen molar-refractivity contribution < 1.29 is 9.53 Å². The molecule has 0 bridgehead atoms. The predicted molar refractivity (Wildman–Crippen MR) is 97.8 cm³/mol. The molecule has 5 heteroatoms. The zero-order valence-corrected chi connectivity index (χ0v) is 14.6. The molecule has 0 aliphatic carbocycles. The summed E-state index contributed by atoms with van der Waals surface area (Å²) < 4.78 is 5.14. The van der Waals surface area contributed by atoms with Crippen LogP contribution in [-0.4, -0.2) is 25.4 Å². The van der Waals surface area contributed by atoms with Gasteiger partial charge in [0.25, 0.3) is 0 Å². The second-order valence-corrected chi connectivity index (χ2v) is 6.86. The van der Waals surface area contributed by atoms with E-state index in [9.17, 15) is 4.79 Å². The molecule has 2 N–H and O–H groups in total. The maximum absolute atomic E-state index is 12.2. The Labute approximate surface area is 147 Å². The van der Waals surface area contributed by atoms with E-state index < -0.39 is 0 Å². The highest BCUT2D eigenvalue weighted by atomic mass is 32.2. The number of carbonyl (C=O) groups is 1. The van der Waals surface area contributed by atoms with Crippen molar-refractivity contribution in [2.45, 2.75) is 23.8 Å². The number of ether oxygens (including phenoxy) is 1. The van der Waals surface area contributed by atoms with Crippen molar-refractivity contribution >= 4 is 17.8 Å². The van der Waals surface area contributed by atoms with E-state index in [0.717, 1.165) is 24.3 Å². The van der Waals surface area contributed by atoms with Crippen LogP contribution in [-0.2, 0) is 6.42 Å². The quantitative estimate of drug-likeness (QED) is 0.869. The number of fused-ring (bicyclic) bond motifs is 1. The van der Waals surface area contributed by atoms with Crippen LogP contribution in [0.3, 0.4) is 0 Å². The predicted octanol–water partition coefficient (Wildman–Crippen LogP) is 3.77. The third kappa shape index (κ3) is 4.23. The SMILES string of the molecule is COc1ccc(CCNC(=O)N[C@@H]2CCSc3ccccc32)cc1. The fraction of sp³-hybridized carbons (Fsp3) is 0.316. The Morgan fingerprint density at radius 1 is 1.21 bits per heavy atom. The summed E-state index contributed by atoms with van der Waals surface area (Å²) >= 11 is 1.86. The van der Waals surface area contributed by atoms with Gasteiger partial charge < -0.3 is 15.4 Å². The summed E-state index contributed by atoms with van der Waals surface area (Å²) in [6.45, 7) is 0.612. The number of hydrogen-bond acceptors (Lipinski definition) is 3. The van der Waals surface area contributed by atoms with Crippen LogP contribution in [0.15, 0.2) is 53.4 Å². The summed E-state index contributed by atoms with van der Waals surface area (Å²) in [6, 6.07) is 16.2. The first-order chi connectivity index (χ1) is 11.8. The van der Waals surface area contributed by atoms with Gasteiger partial charge in [-0.3, -0.25) is 0 Å². The number of urea groups is 1. The number of rotatable bonds is 5. The second kappa shape index (κ2) is 8.11. The minimum atomic E-state index is -0.102. The molecule has 0 spiro atoms. The highest BCUT2D eigenvalue weighted by Gasteiger charge is 2.21. The molecule has 1 aliphatic heterocycles. The Balaban J connectivity index is 1.48. The van der Waals surface area contributed by atoms with Crippen molar-refractivity contribution in [2.75, 3.05) is 19.4 Å². The molecule has 1 aliphatic rings. The maximum Gasteiger partial charge on any atom is 0.315 e. The normalized spacial score (nSPS) is 16.1. The van der Waals surface area contributed by atoms with Gasteiger partial charge in [0.1, 0.15) is 5.75 Å². The van der Waals surface area contributed by atoms with Gasteiger partial charge in [-0.15, -0.1) is 11.8 Å². The van der Waals surface area contributed by atoms with Crippen LogP contribution in [0.4, 0.5) is 4.79 Å². The Hall–Kier alpha value is -2.14. The van der Waals surface area contributed by atoms with Gasteiger partial charge in [-0.05, 0) is 42.2 Å². The zero-order valence-electron chi connectivity index (χ0n) is 13.7. The monoisotopic (exact) mass is 342 g/mol. The van der Waals surface area contributed by atoms with Gasteiger partial charge in [0.2, 0.25) is 0 Å². The number of methoxy groups -OCH3 is 1. The Bertz CT molecular complexity index is 688. The molecule has 4 nitrogen and oxygen atoms in total. The van der Waals surface area contributed by atoms with Crippen molar-refractivity contribution in [1.29, 1.82) is 0 Å². The number of nitrogens with one attached hydrogen (secondary N) is 2. The fourth-order valence-corrected chi connectivity index (χ4v) is 3.94. The first-order valence-electron chi connectivity index (χ1n) is 8.15. The van der Waals surface area contributed by atoms with E-state index in [4.69, 9.17) is 4.74 Å². The smallest absolute Gasteiger partial charge is 0.315 e. The molecule has 2 amide bonds. The molecule has 0 aromatic heterocycles. The van der Waals surface area contributed by atoms with E-state index in [1.54, 1.807) is 7.11 Å². The van der Waals surface area contributed by atoms with Crippen molar-refractivity contribution in [2.24, 2.45) is 0 Å². The molecule has 24 heavy (non-hydrogen) atoms. The Morgan fingerprint density at radius 2 is 2.00 bits per heavy atom. The molecular weight excluding hydrogens is 320 g/mol. The lowest BCUT2D eigenvalue weighted by Gasteiger charge is -2.25. The minimum Gasteiger partial charge on any atom is -0.497 e. The molecular formula is C19H22N2O2S. The van der Waals surface area contributed by atoms with Crippen LogP contribution in [0.2, 0.25) is 0 Å². The summed E-state index contributed by atoms with van der Waals surface area (Å²) in [5.41, 5.74) is 2.40. The lowest BCUT2D eigenvalue weighted by molar-refractivity contribution is 0.236. The number of hydrogen-bond donors (Lipinski definition) is 2. The topological polar surface area (TPSA) is 50.4 Å². The number of benzene rings is 2. The van der Waals surface area contributed by atoms with Gasteiger partial charge in [0.15, 0.2) is 0 Å². The Kier molecular flexibility index (Phi) is 5.64. The lowest BCUT2D eigenvalue weighted by atomic mass is 10.0. The van der Waals surface area contributed by atoms with E-state index in [2.05, 4.69) is 22.8 Å². The summed E-state index contributed by atoms with van der Waals surface area (Å²) in [5, 5.41) is 6.05.